The third-order valence-electron chi connectivity index (χ3n) is 2.52. The Kier molecular flexibility index (Phi) is 6.37. The van der Waals surface area contributed by atoms with Crippen LogP contribution in [-0.2, 0) is 14.3 Å². The Labute approximate surface area is 96.9 Å². The van der Waals surface area contributed by atoms with Gasteiger partial charge in [0.1, 0.15) is 0 Å². The van der Waals surface area contributed by atoms with Gasteiger partial charge in [-0.05, 0) is 33.2 Å². The summed E-state index contributed by atoms with van der Waals surface area (Å²) < 4.78 is 10.7. The Bertz CT molecular complexity index is 199. The van der Waals surface area contributed by atoms with Gasteiger partial charge in [0.2, 0.25) is 5.91 Å². The van der Waals surface area contributed by atoms with E-state index in [-0.39, 0.29) is 18.2 Å². The second-order valence-electron chi connectivity index (χ2n) is 3.73. The summed E-state index contributed by atoms with van der Waals surface area (Å²) in [6, 6.07) is -0.0381. The Morgan fingerprint density at radius 2 is 2.12 bits per heavy atom. The maximum Gasteiger partial charge on any atom is 0.237 e. The molecule has 5 heteroatoms. The van der Waals surface area contributed by atoms with Gasteiger partial charge in [-0.15, -0.1) is 0 Å². The van der Waals surface area contributed by atoms with E-state index in [2.05, 4.69) is 10.6 Å². The van der Waals surface area contributed by atoms with Gasteiger partial charge in [0.05, 0.1) is 12.6 Å². The highest BCUT2D eigenvalue weighted by atomic mass is 16.7. The van der Waals surface area contributed by atoms with Crippen LogP contribution in [0.3, 0.4) is 0 Å². The lowest BCUT2D eigenvalue weighted by Gasteiger charge is -2.18. The molecule has 0 unspecified atom stereocenters. The molecule has 1 saturated heterocycles. The zero-order valence-electron chi connectivity index (χ0n) is 10.1. The van der Waals surface area contributed by atoms with Crippen LogP contribution in [0, 0.1) is 0 Å². The number of carbonyl (C=O) groups is 1. The molecule has 1 rings (SSSR count). The second-order valence-corrected chi connectivity index (χ2v) is 3.73. The highest BCUT2D eigenvalue weighted by Crippen LogP contribution is 2.04. The highest BCUT2D eigenvalue weighted by Gasteiger charge is 2.22. The Balaban J connectivity index is 2.21. The van der Waals surface area contributed by atoms with Gasteiger partial charge in [-0.25, -0.2) is 0 Å². The summed E-state index contributed by atoms with van der Waals surface area (Å²) in [6.07, 6.45) is 1.65. The molecule has 0 aromatic rings. The molecule has 0 aromatic carbocycles. The fraction of sp³-hybridized carbons (Fsp3) is 0.909. The molecular weight excluding hydrogens is 208 g/mol. The SMILES string of the molecule is CCOC(CNC(=O)[C@@H]1CCCN1)OCC. The predicted octanol–water partition coefficient (Wildman–Crippen LogP) is 0.254. The number of carbonyl (C=O) groups excluding carboxylic acids is 1. The number of hydrogen-bond acceptors (Lipinski definition) is 4. The van der Waals surface area contributed by atoms with Gasteiger partial charge in [-0.2, -0.15) is 0 Å². The van der Waals surface area contributed by atoms with Crippen LogP contribution in [0.15, 0.2) is 0 Å². The molecule has 1 amide bonds. The lowest BCUT2D eigenvalue weighted by Crippen LogP contribution is -2.44. The molecule has 2 N–H and O–H groups in total. The topological polar surface area (TPSA) is 59.6 Å². The zero-order valence-corrected chi connectivity index (χ0v) is 10.1. The third-order valence-corrected chi connectivity index (χ3v) is 2.52. The molecule has 0 bridgehead atoms. The number of rotatable bonds is 7. The summed E-state index contributed by atoms with van der Waals surface area (Å²) in [5.74, 6) is 0.0434. The molecule has 1 aliphatic rings. The molecule has 5 nitrogen and oxygen atoms in total. The molecule has 0 saturated carbocycles. The number of amides is 1. The summed E-state index contributed by atoms with van der Waals surface area (Å²) in [6.45, 7) is 6.33. The summed E-state index contributed by atoms with van der Waals surface area (Å²) in [5.41, 5.74) is 0. The molecule has 0 aliphatic carbocycles. The van der Waals surface area contributed by atoms with Crippen LogP contribution in [0.5, 0.6) is 0 Å². The van der Waals surface area contributed by atoms with Crippen molar-refractivity contribution in [3.8, 4) is 0 Å². The van der Waals surface area contributed by atoms with Crippen LogP contribution in [0.2, 0.25) is 0 Å². The largest absolute Gasteiger partial charge is 0.351 e. The van der Waals surface area contributed by atoms with Crippen LogP contribution in [0.4, 0.5) is 0 Å². The first-order chi connectivity index (χ1) is 7.77. The predicted molar refractivity (Wildman–Crippen MR) is 61.1 cm³/mol. The van der Waals surface area contributed by atoms with E-state index in [0.29, 0.717) is 19.8 Å². The lowest BCUT2D eigenvalue weighted by molar-refractivity contribution is -0.141. The van der Waals surface area contributed by atoms with Gasteiger partial charge in [-0.1, -0.05) is 0 Å². The Morgan fingerprint density at radius 1 is 1.44 bits per heavy atom. The second kappa shape index (κ2) is 7.60. The minimum atomic E-state index is -0.333. The van der Waals surface area contributed by atoms with E-state index in [1.165, 1.54) is 0 Å². The zero-order chi connectivity index (χ0) is 11.8. The quantitative estimate of drug-likeness (QED) is 0.616. The molecule has 1 aliphatic heterocycles. The van der Waals surface area contributed by atoms with Gasteiger partial charge in [0, 0.05) is 13.2 Å². The van der Waals surface area contributed by atoms with Gasteiger partial charge in [0.25, 0.3) is 0 Å². The fourth-order valence-electron chi connectivity index (χ4n) is 1.75. The lowest BCUT2D eigenvalue weighted by atomic mass is 10.2. The van der Waals surface area contributed by atoms with Crippen molar-refractivity contribution in [2.24, 2.45) is 0 Å². The fourth-order valence-corrected chi connectivity index (χ4v) is 1.75. The molecule has 1 atom stereocenters. The van der Waals surface area contributed by atoms with Crippen LogP contribution in [-0.4, -0.2) is 44.5 Å². The normalized spacial score (nSPS) is 20.3. The molecule has 16 heavy (non-hydrogen) atoms. The van der Waals surface area contributed by atoms with Gasteiger partial charge < -0.3 is 20.1 Å². The third kappa shape index (κ3) is 4.47. The standard InChI is InChI=1S/C11H22N2O3/c1-3-15-10(16-4-2)8-13-11(14)9-6-5-7-12-9/h9-10,12H,3-8H2,1-2H3,(H,13,14)/t9-/m0/s1. The minimum Gasteiger partial charge on any atom is -0.351 e. The average Bonchev–Trinajstić information content (AvgIpc) is 2.79. The average molecular weight is 230 g/mol. The monoisotopic (exact) mass is 230 g/mol. The van der Waals surface area contributed by atoms with Crippen molar-refractivity contribution in [2.75, 3.05) is 26.3 Å². The van der Waals surface area contributed by atoms with Crippen LogP contribution >= 0.6 is 0 Å². The van der Waals surface area contributed by atoms with E-state index in [0.717, 1.165) is 19.4 Å². The maximum atomic E-state index is 11.7. The first-order valence-electron chi connectivity index (χ1n) is 6.02. The maximum absolute atomic E-state index is 11.7. The highest BCUT2D eigenvalue weighted by molar-refractivity contribution is 5.81. The summed E-state index contributed by atoms with van der Waals surface area (Å²) in [4.78, 5) is 11.7. The van der Waals surface area contributed by atoms with Crippen molar-refractivity contribution in [3.63, 3.8) is 0 Å². The Hall–Kier alpha value is -0.650. The van der Waals surface area contributed by atoms with Gasteiger partial charge in [-0.3, -0.25) is 4.79 Å². The van der Waals surface area contributed by atoms with Crippen molar-refractivity contribution in [1.82, 2.24) is 10.6 Å². The molecular formula is C11H22N2O3. The summed E-state index contributed by atoms with van der Waals surface area (Å²) >= 11 is 0. The van der Waals surface area contributed by atoms with Crippen molar-refractivity contribution in [3.05, 3.63) is 0 Å². The van der Waals surface area contributed by atoms with Crippen molar-refractivity contribution in [1.29, 1.82) is 0 Å². The molecule has 1 fully saturated rings. The van der Waals surface area contributed by atoms with E-state index in [9.17, 15) is 4.79 Å². The van der Waals surface area contributed by atoms with Crippen LogP contribution in [0.1, 0.15) is 26.7 Å². The smallest absolute Gasteiger partial charge is 0.237 e. The van der Waals surface area contributed by atoms with Gasteiger partial charge in [0.15, 0.2) is 6.29 Å². The molecule has 94 valence electrons. The van der Waals surface area contributed by atoms with Gasteiger partial charge >= 0.3 is 0 Å². The van der Waals surface area contributed by atoms with Crippen LogP contribution < -0.4 is 10.6 Å². The molecule has 0 radical (unpaired) electrons. The van der Waals surface area contributed by atoms with E-state index >= 15 is 0 Å². The first-order valence-corrected chi connectivity index (χ1v) is 6.02. The van der Waals surface area contributed by atoms with Crippen LogP contribution in [0.25, 0.3) is 0 Å². The van der Waals surface area contributed by atoms with Crippen molar-refractivity contribution in [2.45, 2.75) is 39.0 Å². The number of hydrogen-bond donors (Lipinski definition) is 2. The van der Waals surface area contributed by atoms with Crippen molar-refractivity contribution >= 4 is 5.91 Å². The van der Waals surface area contributed by atoms with E-state index in [1.54, 1.807) is 0 Å². The van der Waals surface area contributed by atoms with E-state index in [1.807, 2.05) is 13.8 Å². The van der Waals surface area contributed by atoms with Crippen molar-refractivity contribution < 1.29 is 14.3 Å². The summed E-state index contributed by atoms with van der Waals surface area (Å²) in [5, 5.41) is 5.99. The minimum absolute atomic E-state index is 0.0381. The molecule has 1 heterocycles. The van der Waals surface area contributed by atoms with E-state index in [4.69, 9.17) is 9.47 Å². The number of ether oxygens (including phenoxy) is 2. The molecule has 0 spiro atoms. The number of nitrogens with one attached hydrogen (secondary N) is 2. The Morgan fingerprint density at radius 3 is 2.62 bits per heavy atom. The summed E-state index contributed by atoms with van der Waals surface area (Å²) in [7, 11) is 0. The molecule has 0 aromatic heterocycles. The first kappa shape index (κ1) is 13.4. The van der Waals surface area contributed by atoms with E-state index < -0.39 is 0 Å².